The minimum Gasteiger partial charge on any atom is -0.336 e. The SMILES string of the molecule is CCN(C(=O)c1cc(F)cc(S(=O)(=O)Cl)c1F)C(C)C. The van der Waals surface area contributed by atoms with Gasteiger partial charge in [0.25, 0.3) is 15.0 Å². The summed E-state index contributed by atoms with van der Waals surface area (Å²) in [4.78, 5) is 12.4. The molecule has 0 aliphatic rings. The lowest BCUT2D eigenvalue weighted by Gasteiger charge is -2.25. The lowest BCUT2D eigenvalue weighted by atomic mass is 10.1. The first-order chi connectivity index (χ1) is 9.09. The van der Waals surface area contributed by atoms with Crippen LogP contribution in [-0.4, -0.2) is 31.8 Å². The van der Waals surface area contributed by atoms with Gasteiger partial charge in [0, 0.05) is 23.3 Å². The maximum atomic E-state index is 14.1. The molecule has 0 fully saturated rings. The molecule has 8 heteroatoms. The highest BCUT2D eigenvalue weighted by Gasteiger charge is 2.27. The van der Waals surface area contributed by atoms with Crippen LogP contribution in [0.25, 0.3) is 0 Å². The van der Waals surface area contributed by atoms with E-state index in [-0.39, 0.29) is 12.6 Å². The predicted octanol–water partition coefficient (Wildman–Crippen LogP) is 2.76. The van der Waals surface area contributed by atoms with Crippen molar-refractivity contribution in [2.24, 2.45) is 0 Å². The van der Waals surface area contributed by atoms with Crippen molar-refractivity contribution in [1.82, 2.24) is 4.90 Å². The molecule has 0 saturated carbocycles. The topological polar surface area (TPSA) is 54.5 Å². The molecule has 0 saturated heterocycles. The average molecular weight is 326 g/mol. The molecule has 0 aliphatic heterocycles. The molecule has 0 spiro atoms. The molecule has 4 nitrogen and oxygen atoms in total. The van der Waals surface area contributed by atoms with Crippen molar-refractivity contribution in [3.63, 3.8) is 0 Å². The lowest BCUT2D eigenvalue weighted by molar-refractivity contribution is 0.0711. The fraction of sp³-hybridized carbons (Fsp3) is 0.417. The van der Waals surface area contributed by atoms with Crippen LogP contribution in [0.3, 0.4) is 0 Å². The van der Waals surface area contributed by atoms with Crippen molar-refractivity contribution in [2.45, 2.75) is 31.7 Å². The third-order valence-corrected chi connectivity index (χ3v) is 4.04. The van der Waals surface area contributed by atoms with Crippen molar-refractivity contribution in [3.8, 4) is 0 Å². The predicted molar refractivity (Wildman–Crippen MR) is 71.2 cm³/mol. The summed E-state index contributed by atoms with van der Waals surface area (Å²) >= 11 is 0. The summed E-state index contributed by atoms with van der Waals surface area (Å²) in [6.07, 6.45) is 0. The van der Waals surface area contributed by atoms with Gasteiger partial charge in [0.15, 0.2) is 5.82 Å². The third-order valence-electron chi connectivity index (χ3n) is 2.72. The molecule has 0 radical (unpaired) electrons. The van der Waals surface area contributed by atoms with E-state index in [9.17, 15) is 22.0 Å². The molecule has 0 unspecified atom stereocenters. The van der Waals surface area contributed by atoms with Crippen molar-refractivity contribution in [1.29, 1.82) is 0 Å². The minimum absolute atomic E-state index is 0.244. The van der Waals surface area contributed by atoms with Crippen LogP contribution in [0, 0.1) is 11.6 Å². The summed E-state index contributed by atoms with van der Waals surface area (Å²) < 4.78 is 49.9. The lowest BCUT2D eigenvalue weighted by Crippen LogP contribution is -2.37. The Kier molecular flexibility index (Phi) is 5.10. The van der Waals surface area contributed by atoms with Crippen LogP contribution < -0.4 is 0 Å². The number of carbonyl (C=O) groups is 1. The second-order valence-corrected chi connectivity index (χ2v) is 6.92. The first kappa shape index (κ1) is 16.8. The largest absolute Gasteiger partial charge is 0.336 e. The Bertz CT molecular complexity index is 632. The van der Waals surface area contributed by atoms with Gasteiger partial charge in [-0.25, -0.2) is 17.2 Å². The summed E-state index contributed by atoms with van der Waals surface area (Å²) in [5, 5.41) is 0. The van der Waals surface area contributed by atoms with E-state index in [1.165, 1.54) is 4.90 Å². The second-order valence-electron chi connectivity index (χ2n) is 4.39. The van der Waals surface area contributed by atoms with E-state index < -0.39 is 37.1 Å². The normalized spacial score (nSPS) is 11.8. The maximum absolute atomic E-state index is 14.1. The summed E-state index contributed by atoms with van der Waals surface area (Å²) in [5.74, 6) is -3.18. The first-order valence-corrected chi connectivity index (χ1v) is 8.15. The maximum Gasteiger partial charge on any atom is 0.264 e. The van der Waals surface area contributed by atoms with E-state index in [1.54, 1.807) is 20.8 Å². The van der Waals surface area contributed by atoms with Gasteiger partial charge >= 0.3 is 0 Å². The molecular formula is C12H14ClF2NO3S. The molecule has 20 heavy (non-hydrogen) atoms. The Hall–Kier alpha value is -1.21. The molecule has 0 N–H and O–H groups in total. The quantitative estimate of drug-likeness (QED) is 0.800. The number of rotatable bonds is 4. The zero-order valence-corrected chi connectivity index (χ0v) is 12.7. The number of carbonyl (C=O) groups excluding carboxylic acids is 1. The molecular weight excluding hydrogens is 312 g/mol. The Morgan fingerprint density at radius 3 is 2.30 bits per heavy atom. The van der Waals surface area contributed by atoms with Gasteiger partial charge in [0.05, 0.1) is 5.56 Å². The average Bonchev–Trinajstić information content (AvgIpc) is 2.30. The van der Waals surface area contributed by atoms with E-state index in [1.807, 2.05) is 0 Å². The number of halogens is 3. The van der Waals surface area contributed by atoms with Gasteiger partial charge in [-0.1, -0.05) is 0 Å². The summed E-state index contributed by atoms with van der Waals surface area (Å²) in [7, 11) is 0.551. The molecule has 1 rings (SSSR count). The van der Waals surface area contributed by atoms with E-state index in [2.05, 4.69) is 0 Å². The second kappa shape index (κ2) is 6.05. The van der Waals surface area contributed by atoms with E-state index >= 15 is 0 Å². The number of nitrogens with zero attached hydrogens (tertiary/aromatic N) is 1. The highest BCUT2D eigenvalue weighted by atomic mass is 35.7. The van der Waals surface area contributed by atoms with Crippen molar-refractivity contribution < 1.29 is 22.0 Å². The van der Waals surface area contributed by atoms with Gasteiger partial charge in [0.1, 0.15) is 10.7 Å². The Balaban J connectivity index is 3.47. The number of hydrogen-bond donors (Lipinski definition) is 0. The third kappa shape index (κ3) is 3.46. The van der Waals surface area contributed by atoms with E-state index in [4.69, 9.17) is 10.7 Å². The van der Waals surface area contributed by atoms with Gasteiger partial charge in [-0.15, -0.1) is 0 Å². The zero-order chi connectivity index (χ0) is 15.7. The van der Waals surface area contributed by atoms with Gasteiger partial charge < -0.3 is 4.90 Å². The highest BCUT2D eigenvalue weighted by Crippen LogP contribution is 2.24. The van der Waals surface area contributed by atoms with Crippen LogP contribution in [0.4, 0.5) is 8.78 Å². The van der Waals surface area contributed by atoms with E-state index in [0.29, 0.717) is 12.1 Å². The van der Waals surface area contributed by atoms with Crippen LogP contribution in [-0.2, 0) is 9.05 Å². The summed E-state index contributed by atoms with van der Waals surface area (Å²) in [5.41, 5.74) is -0.653. The Morgan fingerprint density at radius 2 is 1.90 bits per heavy atom. The van der Waals surface area contributed by atoms with Gasteiger partial charge in [-0.05, 0) is 32.9 Å². The number of amides is 1. The van der Waals surface area contributed by atoms with Gasteiger partial charge in [0.2, 0.25) is 0 Å². The van der Waals surface area contributed by atoms with Crippen LogP contribution >= 0.6 is 10.7 Å². The number of hydrogen-bond acceptors (Lipinski definition) is 3. The van der Waals surface area contributed by atoms with E-state index in [0.717, 1.165) is 0 Å². The van der Waals surface area contributed by atoms with Crippen LogP contribution in [0.1, 0.15) is 31.1 Å². The molecule has 0 aliphatic carbocycles. The van der Waals surface area contributed by atoms with Crippen molar-refractivity contribution in [3.05, 3.63) is 29.3 Å². The van der Waals surface area contributed by atoms with Gasteiger partial charge in [-0.2, -0.15) is 0 Å². The molecule has 1 aromatic rings. The highest BCUT2D eigenvalue weighted by molar-refractivity contribution is 8.13. The fourth-order valence-corrected chi connectivity index (χ4v) is 2.71. The molecule has 1 aromatic carbocycles. The summed E-state index contributed by atoms with van der Waals surface area (Å²) in [6.45, 7) is 5.36. The molecule has 0 aromatic heterocycles. The Morgan fingerprint density at radius 1 is 1.35 bits per heavy atom. The van der Waals surface area contributed by atoms with Crippen LogP contribution in [0.5, 0.6) is 0 Å². The monoisotopic (exact) mass is 325 g/mol. The molecule has 1 amide bonds. The minimum atomic E-state index is -4.48. The van der Waals surface area contributed by atoms with Crippen molar-refractivity contribution >= 4 is 25.6 Å². The zero-order valence-electron chi connectivity index (χ0n) is 11.2. The molecule has 112 valence electrons. The number of benzene rings is 1. The summed E-state index contributed by atoms with van der Waals surface area (Å²) in [6, 6.07) is 0.861. The van der Waals surface area contributed by atoms with Crippen LogP contribution in [0.15, 0.2) is 17.0 Å². The van der Waals surface area contributed by atoms with Gasteiger partial charge in [-0.3, -0.25) is 4.79 Å². The smallest absolute Gasteiger partial charge is 0.264 e. The fourth-order valence-electron chi connectivity index (χ4n) is 1.80. The Labute approximate surface area is 120 Å². The van der Waals surface area contributed by atoms with Crippen molar-refractivity contribution in [2.75, 3.05) is 6.54 Å². The van der Waals surface area contributed by atoms with Crippen LogP contribution in [0.2, 0.25) is 0 Å². The molecule has 0 atom stereocenters. The first-order valence-electron chi connectivity index (χ1n) is 5.84. The standard InChI is InChI=1S/C12H14ClF2NO3S/c1-4-16(7(2)3)12(17)9-5-8(14)6-10(11(9)15)20(13,18)19/h5-7H,4H2,1-3H3. The molecule has 0 bridgehead atoms. The molecule has 0 heterocycles.